The maximum atomic E-state index is 5.55. The summed E-state index contributed by atoms with van der Waals surface area (Å²) in [6.07, 6.45) is 13.1. The summed E-state index contributed by atoms with van der Waals surface area (Å²) in [7, 11) is 0. The molecule has 2 saturated carbocycles. The molecule has 0 aromatic heterocycles. The Hall–Kier alpha value is 0.250. The zero-order chi connectivity index (χ0) is 11.2. The number of alkyl halides is 1. The minimum atomic E-state index is 0.364. The molecule has 2 aliphatic carbocycles. The van der Waals surface area contributed by atoms with Crippen molar-refractivity contribution in [1.82, 2.24) is 0 Å². The van der Waals surface area contributed by atoms with E-state index in [1.54, 1.807) is 0 Å². The van der Waals surface area contributed by atoms with Crippen LogP contribution in [0.5, 0.6) is 0 Å². The molecule has 0 N–H and O–H groups in total. The summed E-state index contributed by atoms with van der Waals surface area (Å²) in [6.45, 7) is 0.890. The lowest BCUT2D eigenvalue weighted by Crippen LogP contribution is -2.25. The fourth-order valence-electron chi connectivity index (χ4n) is 3.64. The monoisotopic (exact) mass is 244 g/mol. The summed E-state index contributed by atoms with van der Waals surface area (Å²) in [4.78, 5) is 0. The molecule has 0 heterocycles. The molecule has 16 heavy (non-hydrogen) atoms. The van der Waals surface area contributed by atoms with Crippen LogP contribution in [-0.4, -0.2) is 12.7 Å². The molecule has 0 aromatic carbocycles. The largest absolute Gasteiger partial charge is 0.365 e. The molecule has 0 aliphatic heterocycles. The standard InChI is InChI=1S/C14H25ClO/c15-11-16-10-12-6-8-14(9-7-12)13-4-2-1-3-5-13/h12-14H,1-11H2. The topological polar surface area (TPSA) is 9.23 Å². The van der Waals surface area contributed by atoms with Crippen LogP contribution in [0.2, 0.25) is 0 Å². The van der Waals surface area contributed by atoms with Gasteiger partial charge in [0.25, 0.3) is 0 Å². The number of hydrogen-bond acceptors (Lipinski definition) is 1. The molecule has 2 aliphatic rings. The van der Waals surface area contributed by atoms with E-state index in [0.29, 0.717) is 6.07 Å². The number of halogens is 1. The first-order valence-electron chi connectivity index (χ1n) is 7.04. The van der Waals surface area contributed by atoms with Gasteiger partial charge in [-0.3, -0.25) is 0 Å². The lowest BCUT2D eigenvalue weighted by molar-refractivity contribution is 0.0899. The molecular formula is C14H25ClO. The van der Waals surface area contributed by atoms with E-state index < -0.39 is 0 Å². The van der Waals surface area contributed by atoms with Crippen molar-refractivity contribution in [2.45, 2.75) is 57.8 Å². The molecule has 94 valence electrons. The van der Waals surface area contributed by atoms with Crippen LogP contribution in [0.15, 0.2) is 0 Å². The second-order valence-electron chi connectivity index (χ2n) is 5.66. The highest BCUT2D eigenvalue weighted by Crippen LogP contribution is 2.39. The van der Waals surface area contributed by atoms with Crippen LogP contribution in [0.3, 0.4) is 0 Å². The Kier molecular flexibility index (Phi) is 5.44. The summed E-state index contributed by atoms with van der Waals surface area (Å²) < 4.78 is 5.32. The molecular weight excluding hydrogens is 220 g/mol. The van der Waals surface area contributed by atoms with Crippen LogP contribution in [0, 0.1) is 17.8 Å². The normalized spacial score (nSPS) is 32.8. The van der Waals surface area contributed by atoms with Gasteiger partial charge in [-0.15, -0.1) is 0 Å². The third-order valence-electron chi connectivity index (χ3n) is 4.64. The fourth-order valence-corrected chi connectivity index (χ4v) is 3.73. The summed E-state index contributed by atoms with van der Waals surface area (Å²) in [5, 5.41) is 0. The minimum absolute atomic E-state index is 0.364. The van der Waals surface area contributed by atoms with E-state index in [4.69, 9.17) is 16.3 Å². The number of hydrogen-bond donors (Lipinski definition) is 0. The van der Waals surface area contributed by atoms with E-state index in [2.05, 4.69) is 0 Å². The van der Waals surface area contributed by atoms with Crippen LogP contribution in [0.1, 0.15) is 57.8 Å². The molecule has 0 atom stereocenters. The first-order valence-corrected chi connectivity index (χ1v) is 7.57. The first kappa shape index (κ1) is 12.7. The van der Waals surface area contributed by atoms with E-state index in [9.17, 15) is 0 Å². The zero-order valence-electron chi connectivity index (χ0n) is 10.3. The van der Waals surface area contributed by atoms with E-state index in [0.717, 1.165) is 24.4 Å². The van der Waals surface area contributed by atoms with Gasteiger partial charge in [-0.25, -0.2) is 0 Å². The Labute approximate surface area is 105 Å². The van der Waals surface area contributed by atoms with Crippen molar-refractivity contribution < 1.29 is 4.74 Å². The Morgan fingerprint density at radius 1 is 0.812 bits per heavy atom. The molecule has 0 saturated heterocycles. The van der Waals surface area contributed by atoms with E-state index in [1.165, 1.54) is 57.8 Å². The highest BCUT2D eigenvalue weighted by molar-refractivity contribution is 6.17. The van der Waals surface area contributed by atoms with E-state index in [1.807, 2.05) is 0 Å². The van der Waals surface area contributed by atoms with Crippen molar-refractivity contribution in [2.75, 3.05) is 12.7 Å². The second-order valence-corrected chi connectivity index (χ2v) is 5.88. The van der Waals surface area contributed by atoms with Crippen molar-refractivity contribution in [3.8, 4) is 0 Å². The maximum absolute atomic E-state index is 5.55. The number of ether oxygens (including phenoxy) is 1. The van der Waals surface area contributed by atoms with Gasteiger partial charge in [0.1, 0.15) is 6.07 Å². The third kappa shape index (κ3) is 3.63. The van der Waals surface area contributed by atoms with Gasteiger partial charge in [-0.05, 0) is 43.4 Å². The van der Waals surface area contributed by atoms with E-state index >= 15 is 0 Å². The van der Waals surface area contributed by atoms with Gasteiger partial charge >= 0.3 is 0 Å². The molecule has 0 aromatic rings. The average molecular weight is 245 g/mol. The Balaban J connectivity index is 1.67. The van der Waals surface area contributed by atoms with Crippen LogP contribution in [0.25, 0.3) is 0 Å². The maximum Gasteiger partial charge on any atom is 0.120 e. The Morgan fingerprint density at radius 2 is 1.44 bits per heavy atom. The van der Waals surface area contributed by atoms with Gasteiger partial charge < -0.3 is 4.74 Å². The van der Waals surface area contributed by atoms with E-state index in [-0.39, 0.29) is 0 Å². The van der Waals surface area contributed by atoms with Crippen molar-refractivity contribution in [1.29, 1.82) is 0 Å². The molecule has 2 fully saturated rings. The van der Waals surface area contributed by atoms with Gasteiger partial charge in [0.2, 0.25) is 0 Å². The van der Waals surface area contributed by atoms with Crippen LogP contribution >= 0.6 is 11.6 Å². The number of rotatable bonds is 4. The molecule has 1 nitrogen and oxygen atoms in total. The lowest BCUT2D eigenvalue weighted by Gasteiger charge is -2.35. The molecule has 2 rings (SSSR count). The predicted molar refractivity (Wildman–Crippen MR) is 68.7 cm³/mol. The van der Waals surface area contributed by atoms with Gasteiger partial charge in [0, 0.05) is 0 Å². The van der Waals surface area contributed by atoms with Crippen molar-refractivity contribution in [2.24, 2.45) is 17.8 Å². The second kappa shape index (κ2) is 6.86. The molecule has 0 amide bonds. The SMILES string of the molecule is ClCOCC1CCC(C2CCCCC2)CC1. The average Bonchev–Trinajstić information content (AvgIpc) is 2.38. The summed E-state index contributed by atoms with van der Waals surface area (Å²) in [6, 6.07) is 0.364. The molecule has 2 heteroatoms. The van der Waals surface area contributed by atoms with Crippen molar-refractivity contribution >= 4 is 11.6 Å². The van der Waals surface area contributed by atoms with Crippen LogP contribution in [0.4, 0.5) is 0 Å². The van der Waals surface area contributed by atoms with Crippen molar-refractivity contribution in [3.63, 3.8) is 0 Å². The van der Waals surface area contributed by atoms with Crippen LogP contribution in [-0.2, 0) is 4.74 Å². The molecule has 0 bridgehead atoms. The summed E-state index contributed by atoms with van der Waals surface area (Å²) in [5.41, 5.74) is 0. The smallest absolute Gasteiger partial charge is 0.120 e. The zero-order valence-corrected chi connectivity index (χ0v) is 11.1. The quantitative estimate of drug-likeness (QED) is 0.658. The first-order chi connectivity index (χ1) is 7.90. The van der Waals surface area contributed by atoms with Crippen molar-refractivity contribution in [3.05, 3.63) is 0 Å². The summed E-state index contributed by atoms with van der Waals surface area (Å²) >= 11 is 5.55. The minimum Gasteiger partial charge on any atom is -0.365 e. The Morgan fingerprint density at radius 3 is 2.06 bits per heavy atom. The van der Waals surface area contributed by atoms with Gasteiger partial charge in [-0.2, -0.15) is 0 Å². The van der Waals surface area contributed by atoms with Gasteiger partial charge in [0.05, 0.1) is 6.61 Å². The lowest BCUT2D eigenvalue weighted by atomic mass is 9.71. The molecule has 0 spiro atoms. The van der Waals surface area contributed by atoms with Crippen LogP contribution < -0.4 is 0 Å². The fraction of sp³-hybridized carbons (Fsp3) is 1.00. The van der Waals surface area contributed by atoms with Gasteiger partial charge in [-0.1, -0.05) is 43.7 Å². The third-order valence-corrected chi connectivity index (χ3v) is 4.79. The predicted octanol–water partition coefficient (Wildman–Crippen LogP) is 4.59. The summed E-state index contributed by atoms with van der Waals surface area (Å²) in [5.74, 6) is 2.88. The Bertz CT molecular complexity index is 181. The van der Waals surface area contributed by atoms with Gasteiger partial charge in [0.15, 0.2) is 0 Å². The molecule has 0 unspecified atom stereocenters. The highest BCUT2D eigenvalue weighted by atomic mass is 35.5. The molecule has 0 radical (unpaired) electrons. The highest BCUT2D eigenvalue weighted by Gasteiger charge is 2.28.